The SMILES string of the molecule is O=S(Nc1ccccc1)c1ccccc1Sc1ccccc1. The average molecular weight is 325 g/mol. The number of benzene rings is 3. The number of rotatable bonds is 5. The standard InChI is InChI=1S/C18H15NOS2/c20-22(19-15-9-3-1-4-10-15)18-14-8-7-13-17(18)21-16-11-5-2-6-12-16/h1-14,19H. The van der Waals surface area contributed by atoms with Crippen LogP contribution < -0.4 is 4.72 Å². The summed E-state index contributed by atoms with van der Waals surface area (Å²) in [6.45, 7) is 0. The van der Waals surface area contributed by atoms with E-state index in [1.165, 1.54) is 0 Å². The van der Waals surface area contributed by atoms with E-state index >= 15 is 0 Å². The zero-order valence-corrected chi connectivity index (χ0v) is 13.4. The Hall–Kier alpha value is -2.04. The van der Waals surface area contributed by atoms with Crippen LogP contribution in [0.25, 0.3) is 0 Å². The van der Waals surface area contributed by atoms with Gasteiger partial charge in [-0.3, -0.25) is 0 Å². The van der Waals surface area contributed by atoms with Crippen molar-refractivity contribution in [1.82, 2.24) is 0 Å². The van der Waals surface area contributed by atoms with Gasteiger partial charge in [-0.25, -0.2) is 4.21 Å². The van der Waals surface area contributed by atoms with Crippen LogP contribution in [0.3, 0.4) is 0 Å². The van der Waals surface area contributed by atoms with Gasteiger partial charge in [-0.1, -0.05) is 60.3 Å². The quantitative estimate of drug-likeness (QED) is 0.717. The van der Waals surface area contributed by atoms with Crippen LogP contribution >= 0.6 is 11.8 Å². The van der Waals surface area contributed by atoms with Crippen molar-refractivity contribution >= 4 is 28.4 Å². The fourth-order valence-electron chi connectivity index (χ4n) is 1.97. The number of anilines is 1. The van der Waals surface area contributed by atoms with Gasteiger partial charge in [0.15, 0.2) is 11.0 Å². The van der Waals surface area contributed by atoms with Gasteiger partial charge in [-0.05, 0) is 36.4 Å². The lowest BCUT2D eigenvalue weighted by molar-refractivity contribution is 0.685. The molecule has 0 spiro atoms. The molecule has 4 heteroatoms. The van der Waals surface area contributed by atoms with Gasteiger partial charge in [0, 0.05) is 15.5 Å². The maximum Gasteiger partial charge on any atom is 0.151 e. The molecule has 0 fully saturated rings. The molecule has 22 heavy (non-hydrogen) atoms. The van der Waals surface area contributed by atoms with Crippen LogP contribution in [-0.2, 0) is 11.0 Å². The largest absolute Gasteiger partial charge is 0.301 e. The highest BCUT2D eigenvalue weighted by atomic mass is 32.2. The predicted molar refractivity (Wildman–Crippen MR) is 93.5 cm³/mol. The van der Waals surface area contributed by atoms with Gasteiger partial charge >= 0.3 is 0 Å². The Morgan fingerprint density at radius 3 is 2.05 bits per heavy atom. The first-order valence-electron chi connectivity index (χ1n) is 6.88. The Morgan fingerprint density at radius 1 is 0.727 bits per heavy atom. The molecule has 0 radical (unpaired) electrons. The van der Waals surface area contributed by atoms with Crippen molar-refractivity contribution in [3.63, 3.8) is 0 Å². The van der Waals surface area contributed by atoms with Crippen LogP contribution in [-0.4, -0.2) is 4.21 Å². The molecule has 0 saturated heterocycles. The van der Waals surface area contributed by atoms with E-state index in [9.17, 15) is 4.21 Å². The molecule has 1 unspecified atom stereocenters. The first-order valence-corrected chi connectivity index (χ1v) is 8.85. The molecule has 0 aliphatic carbocycles. The molecular formula is C18H15NOS2. The Kier molecular flexibility index (Phi) is 4.93. The molecular weight excluding hydrogens is 310 g/mol. The van der Waals surface area contributed by atoms with Crippen LogP contribution in [0.15, 0.2) is 99.6 Å². The fraction of sp³-hybridized carbons (Fsp3) is 0. The lowest BCUT2D eigenvalue weighted by Gasteiger charge is -2.10. The van der Waals surface area contributed by atoms with Crippen molar-refractivity contribution < 1.29 is 4.21 Å². The van der Waals surface area contributed by atoms with E-state index in [0.717, 1.165) is 20.4 Å². The molecule has 0 aliphatic rings. The van der Waals surface area contributed by atoms with Gasteiger partial charge in [-0.15, -0.1) is 0 Å². The molecule has 0 amide bonds. The lowest BCUT2D eigenvalue weighted by Crippen LogP contribution is -2.05. The lowest BCUT2D eigenvalue weighted by atomic mass is 10.3. The van der Waals surface area contributed by atoms with Gasteiger partial charge in [0.25, 0.3) is 0 Å². The second-order valence-corrected chi connectivity index (χ2v) is 6.90. The molecule has 3 aromatic carbocycles. The molecule has 110 valence electrons. The molecule has 0 bridgehead atoms. The van der Waals surface area contributed by atoms with Gasteiger partial charge in [0.1, 0.15) is 0 Å². The van der Waals surface area contributed by atoms with Crippen molar-refractivity contribution in [1.29, 1.82) is 0 Å². The highest BCUT2D eigenvalue weighted by Crippen LogP contribution is 2.32. The van der Waals surface area contributed by atoms with Crippen LogP contribution in [0.1, 0.15) is 0 Å². The van der Waals surface area contributed by atoms with Crippen LogP contribution in [0.5, 0.6) is 0 Å². The maximum atomic E-state index is 12.6. The zero-order valence-electron chi connectivity index (χ0n) is 11.8. The summed E-state index contributed by atoms with van der Waals surface area (Å²) in [4.78, 5) is 2.92. The van der Waals surface area contributed by atoms with Gasteiger partial charge in [0.2, 0.25) is 0 Å². The van der Waals surface area contributed by atoms with Gasteiger partial charge in [0.05, 0.1) is 4.90 Å². The summed E-state index contributed by atoms with van der Waals surface area (Å²) < 4.78 is 15.7. The molecule has 2 nitrogen and oxygen atoms in total. The zero-order chi connectivity index (χ0) is 15.2. The smallest absolute Gasteiger partial charge is 0.151 e. The van der Waals surface area contributed by atoms with Crippen LogP contribution in [0.4, 0.5) is 5.69 Å². The molecule has 1 N–H and O–H groups in total. The van der Waals surface area contributed by atoms with Crippen molar-refractivity contribution in [2.24, 2.45) is 0 Å². The molecule has 3 aromatic rings. The summed E-state index contributed by atoms with van der Waals surface area (Å²) in [5.41, 5.74) is 0.848. The van der Waals surface area contributed by atoms with Crippen LogP contribution in [0.2, 0.25) is 0 Å². The summed E-state index contributed by atoms with van der Waals surface area (Å²) in [7, 11) is -1.29. The Bertz CT molecular complexity index is 760. The number of hydrogen-bond donors (Lipinski definition) is 1. The Morgan fingerprint density at radius 2 is 1.32 bits per heavy atom. The highest BCUT2D eigenvalue weighted by molar-refractivity contribution is 8.00. The van der Waals surface area contributed by atoms with Gasteiger partial charge in [-0.2, -0.15) is 0 Å². The summed E-state index contributed by atoms with van der Waals surface area (Å²) >= 11 is 1.62. The van der Waals surface area contributed by atoms with E-state index < -0.39 is 11.0 Å². The summed E-state index contributed by atoms with van der Waals surface area (Å²) in [5.74, 6) is 0. The summed E-state index contributed by atoms with van der Waals surface area (Å²) in [6.07, 6.45) is 0. The number of para-hydroxylation sites is 1. The molecule has 1 atom stereocenters. The third-order valence-corrected chi connectivity index (χ3v) is 5.39. The average Bonchev–Trinajstić information content (AvgIpc) is 2.57. The maximum absolute atomic E-state index is 12.6. The predicted octanol–water partition coefficient (Wildman–Crippen LogP) is 4.97. The number of hydrogen-bond acceptors (Lipinski definition) is 2. The Labute approximate surface area is 137 Å². The third kappa shape index (κ3) is 3.78. The van der Waals surface area contributed by atoms with E-state index in [1.54, 1.807) is 11.8 Å². The van der Waals surface area contributed by atoms with E-state index in [0.29, 0.717) is 0 Å². The van der Waals surface area contributed by atoms with Crippen molar-refractivity contribution in [2.75, 3.05) is 4.72 Å². The topological polar surface area (TPSA) is 29.1 Å². The Balaban J connectivity index is 1.83. The molecule has 0 aromatic heterocycles. The first-order chi connectivity index (χ1) is 10.8. The van der Waals surface area contributed by atoms with Crippen molar-refractivity contribution in [2.45, 2.75) is 14.7 Å². The van der Waals surface area contributed by atoms with Crippen LogP contribution in [0, 0.1) is 0 Å². The third-order valence-electron chi connectivity index (χ3n) is 3.00. The van der Waals surface area contributed by atoms with E-state index in [4.69, 9.17) is 0 Å². The summed E-state index contributed by atoms with van der Waals surface area (Å²) in [5, 5.41) is 0. The summed E-state index contributed by atoms with van der Waals surface area (Å²) in [6, 6.07) is 27.5. The van der Waals surface area contributed by atoms with E-state index in [1.807, 2.05) is 72.8 Å². The fourth-order valence-corrected chi connectivity index (χ4v) is 4.10. The molecule has 3 rings (SSSR count). The monoisotopic (exact) mass is 325 g/mol. The second kappa shape index (κ2) is 7.29. The second-order valence-electron chi connectivity index (χ2n) is 4.60. The molecule has 0 saturated carbocycles. The minimum Gasteiger partial charge on any atom is -0.301 e. The molecule has 0 heterocycles. The number of nitrogens with one attached hydrogen (secondary N) is 1. The first kappa shape index (κ1) is 14.9. The van der Waals surface area contributed by atoms with E-state index in [-0.39, 0.29) is 0 Å². The van der Waals surface area contributed by atoms with Crippen molar-refractivity contribution in [3.8, 4) is 0 Å². The van der Waals surface area contributed by atoms with Gasteiger partial charge < -0.3 is 4.72 Å². The normalized spacial score (nSPS) is 11.8. The van der Waals surface area contributed by atoms with E-state index in [2.05, 4.69) is 16.9 Å². The minimum atomic E-state index is -1.29. The minimum absolute atomic E-state index is 0.792. The molecule has 0 aliphatic heterocycles. The highest BCUT2D eigenvalue weighted by Gasteiger charge is 2.10. The van der Waals surface area contributed by atoms with Crippen molar-refractivity contribution in [3.05, 3.63) is 84.9 Å².